The van der Waals surface area contributed by atoms with Gasteiger partial charge in [-0.05, 0) is 47.2 Å². The number of carbonyl (C=O) groups is 1. The molecule has 0 spiro atoms. The van der Waals surface area contributed by atoms with Crippen LogP contribution in [0, 0.1) is 11.7 Å². The molecule has 2 atom stereocenters. The topological polar surface area (TPSA) is 46.9 Å². The molecule has 1 aliphatic rings. The first-order chi connectivity index (χ1) is 12.7. The SMILES string of the molecule is O=C(NCc1ccccc1Cn1cccn1)[C@@H]1C[C@H]1c1ccc(F)cc1. The van der Waals surface area contributed by atoms with Crippen molar-refractivity contribution >= 4 is 5.91 Å². The molecule has 1 aromatic heterocycles. The third kappa shape index (κ3) is 3.67. The van der Waals surface area contributed by atoms with E-state index in [1.165, 1.54) is 12.1 Å². The molecule has 0 saturated heterocycles. The Hall–Kier alpha value is -2.95. The quantitative estimate of drug-likeness (QED) is 0.740. The Labute approximate surface area is 151 Å². The predicted molar refractivity (Wildman–Crippen MR) is 96.9 cm³/mol. The highest BCUT2D eigenvalue weighted by molar-refractivity contribution is 5.82. The van der Waals surface area contributed by atoms with Gasteiger partial charge >= 0.3 is 0 Å². The second-order valence-corrected chi connectivity index (χ2v) is 6.69. The van der Waals surface area contributed by atoms with Crippen LogP contribution in [-0.2, 0) is 17.9 Å². The van der Waals surface area contributed by atoms with Crippen molar-refractivity contribution in [2.24, 2.45) is 5.92 Å². The number of nitrogens with one attached hydrogen (secondary N) is 1. The molecule has 0 bridgehead atoms. The van der Waals surface area contributed by atoms with Crippen LogP contribution in [0.25, 0.3) is 0 Å². The van der Waals surface area contributed by atoms with E-state index in [0.29, 0.717) is 13.1 Å². The van der Waals surface area contributed by atoms with E-state index < -0.39 is 0 Å². The standard InChI is InChI=1S/C21H20FN3O/c22-18-8-6-15(7-9-18)19-12-20(19)21(26)23-13-16-4-1-2-5-17(16)14-25-11-3-10-24-25/h1-11,19-20H,12-14H2,(H,23,26)/t19-,20+/m0/s1. The Morgan fingerprint density at radius 1 is 1.12 bits per heavy atom. The van der Waals surface area contributed by atoms with Crippen molar-refractivity contribution in [3.8, 4) is 0 Å². The second kappa shape index (κ2) is 7.12. The summed E-state index contributed by atoms with van der Waals surface area (Å²) in [5, 5.41) is 7.29. The molecule has 132 valence electrons. The molecular weight excluding hydrogens is 329 g/mol. The zero-order chi connectivity index (χ0) is 17.9. The van der Waals surface area contributed by atoms with Crippen LogP contribution in [0.4, 0.5) is 4.39 Å². The molecule has 26 heavy (non-hydrogen) atoms. The number of aromatic nitrogens is 2. The number of nitrogens with zero attached hydrogens (tertiary/aromatic N) is 2. The molecule has 1 aliphatic carbocycles. The van der Waals surface area contributed by atoms with Gasteiger partial charge in [0.2, 0.25) is 5.91 Å². The summed E-state index contributed by atoms with van der Waals surface area (Å²) >= 11 is 0. The Morgan fingerprint density at radius 3 is 2.62 bits per heavy atom. The lowest BCUT2D eigenvalue weighted by molar-refractivity contribution is -0.122. The monoisotopic (exact) mass is 349 g/mol. The van der Waals surface area contributed by atoms with Gasteiger partial charge in [-0.25, -0.2) is 4.39 Å². The fourth-order valence-electron chi connectivity index (χ4n) is 3.33. The van der Waals surface area contributed by atoms with Crippen molar-refractivity contribution in [2.45, 2.75) is 25.4 Å². The minimum atomic E-state index is -0.246. The summed E-state index contributed by atoms with van der Waals surface area (Å²) in [4.78, 5) is 12.5. The molecule has 1 fully saturated rings. The van der Waals surface area contributed by atoms with E-state index in [9.17, 15) is 9.18 Å². The lowest BCUT2D eigenvalue weighted by Crippen LogP contribution is -2.25. The van der Waals surface area contributed by atoms with Crippen LogP contribution in [0.1, 0.15) is 29.0 Å². The maximum absolute atomic E-state index is 13.0. The summed E-state index contributed by atoms with van der Waals surface area (Å²) < 4.78 is 14.9. The van der Waals surface area contributed by atoms with E-state index in [0.717, 1.165) is 23.1 Å². The van der Waals surface area contributed by atoms with Crippen molar-refractivity contribution in [3.05, 3.63) is 89.5 Å². The summed E-state index contributed by atoms with van der Waals surface area (Å²) in [6, 6.07) is 16.4. The number of benzene rings is 2. The molecule has 4 rings (SSSR count). The van der Waals surface area contributed by atoms with Crippen LogP contribution in [0.2, 0.25) is 0 Å². The van der Waals surface area contributed by atoms with Crippen LogP contribution in [0.3, 0.4) is 0 Å². The third-order valence-corrected chi connectivity index (χ3v) is 4.89. The zero-order valence-electron chi connectivity index (χ0n) is 14.3. The zero-order valence-corrected chi connectivity index (χ0v) is 14.3. The summed E-state index contributed by atoms with van der Waals surface area (Å²) in [6.45, 7) is 1.18. The second-order valence-electron chi connectivity index (χ2n) is 6.69. The molecule has 5 heteroatoms. The normalized spacial score (nSPS) is 18.5. The summed E-state index contributed by atoms with van der Waals surface area (Å²) in [5.41, 5.74) is 3.27. The summed E-state index contributed by atoms with van der Waals surface area (Å²) in [6.07, 6.45) is 4.51. The Morgan fingerprint density at radius 2 is 1.88 bits per heavy atom. The number of rotatable bonds is 6. The minimum Gasteiger partial charge on any atom is -0.352 e. The Bertz CT molecular complexity index is 890. The van der Waals surface area contributed by atoms with Gasteiger partial charge in [0.05, 0.1) is 6.54 Å². The van der Waals surface area contributed by atoms with Gasteiger partial charge in [0.15, 0.2) is 0 Å². The van der Waals surface area contributed by atoms with Gasteiger partial charge in [-0.2, -0.15) is 5.10 Å². The first-order valence-corrected chi connectivity index (χ1v) is 8.78. The Balaban J connectivity index is 1.36. The smallest absolute Gasteiger partial charge is 0.224 e. The van der Waals surface area contributed by atoms with Gasteiger partial charge in [-0.15, -0.1) is 0 Å². The fourth-order valence-corrected chi connectivity index (χ4v) is 3.33. The predicted octanol–water partition coefficient (Wildman–Crippen LogP) is 3.49. The molecule has 3 aromatic rings. The van der Waals surface area contributed by atoms with Crippen LogP contribution >= 0.6 is 0 Å². The van der Waals surface area contributed by atoms with Crippen molar-refractivity contribution in [1.82, 2.24) is 15.1 Å². The highest BCUT2D eigenvalue weighted by Crippen LogP contribution is 2.47. The van der Waals surface area contributed by atoms with Crippen molar-refractivity contribution in [3.63, 3.8) is 0 Å². The third-order valence-electron chi connectivity index (χ3n) is 4.89. The number of amides is 1. The van der Waals surface area contributed by atoms with E-state index in [1.54, 1.807) is 18.3 Å². The molecule has 1 amide bonds. The molecule has 1 heterocycles. The molecule has 4 nitrogen and oxygen atoms in total. The average Bonchev–Trinajstić information content (AvgIpc) is 3.30. The van der Waals surface area contributed by atoms with E-state index in [2.05, 4.69) is 16.5 Å². The molecule has 1 saturated carbocycles. The lowest BCUT2D eigenvalue weighted by atomic mass is 10.1. The molecule has 0 unspecified atom stereocenters. The number of carbonyl (C=O) groups excluding carboxylic acids is 1. The van der Waals surface area contributed by atoms with E-state index in [-0.39, 0.29) is 23.6 Å². The first-order valence-electron chi connectivity index (χ1n) is 8.78. The average molecular weight is 349 g/mol. The maximum atomic E-state index is 13.0. The molecular formula is C21H20FN3O. The highest BCUT2D eigenvalue weighted by atomic mass is 19.1. The van der Waals surface area contributed by atoms with Crippen LogP contribution in [0.5, 0.6) is 0 Å². The number of hydrogen-bond donors (Lipinski definition) is 1. The van der Waals surface area contributed by atoms with Gasteiger partial charge in [-0.3, -0.25) is 9.48 Å². The maximum Gasteiger partial charge on any atom is 0.224 e. The van der Waals surface area contributed by atoms with E-state index in [4.69, 9.17) is 0 Å². The van der Waals surface area contributed by atoms with Crippen LogP contribution in [-0.4, -0.2) is 15.7 Å². The largest absolute Gasteiger partial charge is 0.352 e. The van der Waals surface area contributed by atoms with Crippen molar-refractivity contribution < 1.29 is 9.18 Å². The van der Waals surface area contributed by atoms with Gasteiger partial charge in [0.25, 0.3) is 0 Å². The molecule has 2 aromatic carbocycles. The lowest BCUT2D eigenvalue weighted by Gasteiger charge is -2.11. The van der Waals surface area contributed by atoms with Gasteiger partial charge in [0.1, 0.15) is 5.82 Å². The van der Waals surface area contributed by atoms with Gasteiger partial charge in [0, 0.05) is 24.9 Å². The summed E-state index contributed by atoms with van der Waals surface area (Å²) in [7, 11) is 0. The highest BCUT2D eigenvalue weighted by Gasteiger charge is 2.43. The summed E-state index contributed by atoms with van der Waals surface area (Å²) in [5.74, 6) is 0.00562. The minimum absolute atomic E-state index is 0.0151. The van der Waals surface area contributed by atoms with Crippen molar-refractivity contribution in [1.29, 1.82) is 0 Å². The number of hydrogen-bond acceptors (Lipinski definition) is 2. The van der Waals surface area contributed by atoms with Gasteiger partial charge < -0.3 is 5.32 Å². The van der Waals surface area contributed by atoms with Gasteiger partial charge in [-0.1, -0.05) is 36.4 Å². The van der Waals surface area contributed by atoms with E-state index >= 15 is 0 Å². The van der Waals surface area contributed by atoms with Crippen molar-refractivity contribution in [2.75, 3.05) is 0 Å². The first kappa shape index (κ1) is 16.5. The fraction of sp³-hybridized carbons (Fsp3) is 0.238. The van der Waals surface area contributed by atoms with Crippen LogP contribution < -0.4 is 5.32 Å². The number of halogens is 1. The molecule has 0 aliphatic heterocycles. The van der Waals surface area contributed by atoms with E-state index in [1.807, 2.05) is 35.1 Å². The van der Waals surface area contributed by atoms with Crippen LogP contribution in [0.15, 0.2) is 67.0 Å². The molecule has 0 radical (unpaired) electrons. The molecule has 1 N–H and O–H groups in total. The Kier molecular flexibility index (Phi) is 4.52.